The predicted molar refractivity (Wildman–Crippen MR) is 62.3 cm³/mol. The summed E-state index contributed by atoms with van der Waals surface area (Å²) in [6.07, 6.45) is -0.959. The Labute approximate surface area is 112 Å². The normalized spacial score (nSPS) is 11.4. The highest BCUT2D eigenvalue weighted by Gasteiger charge is 2.31. The van der Waals surface area contributed by atoms with Gasteiger partial charge in [-0.25, -0.2) is 14.5 Å². The Hall–Kier alpha value is -2.38. The Kier molecular flexibility index (Phi) is 3.73. The van der Waals surface area contributed by atoms with Gasteiger partial charge in [0, 0.05) is 12.4 Å². The summed E-state index contributed by atoms with van der Waals surface area (Å²) < 4.78 is 43.6. The molecule has 0 unspecified atom stereocenters. The van der Waals surface area contributed by atoms with E-state index in [0.29, 0.717) is 0 Å². The summed E-state index contributed by atoms with van der Waals surface area (Å²) in [7, 11) is 0. The van der Waals surface area contributed by atoms with Crippen LogP contribution in [0.5, 0.6) is 0 Å². The van der Waals surface area contributed by atoms with Crippen LogP contribution >= 0.6 is 0 Å². The zero-order valence-corrected chi connectivity index (χ0v) is 10.4. The van der Waals surface area contributed by atoms with Crippen molar-refractivity contribution in [3.8, 4) is 5.82 Å². The molecule has 8 heteroatoms. The zero-order chi connectivity index (χ0) is 14.8. The Morgan fingerprint density at radius 2 is 2.20 bits per heavy atom. The van der Waals surface area contributed by atoms with Gasteiger partial charge in [-0.1, -0.05) is 0 Å². The number of halogens is 3. The van der Waals surface area contributed by atoms with Crippen molar-refractivity contribution in [1.29, 1.82) is 0 Å². The molecule has 2 aromatic heterocycles. The van der Waals surface area contributed by atoms with Crippen LogP contribution in [0, 0.1) is 0 Å². The van der Waals surface area contributed by atoms with Gasteiger partial charge < -0.3 is 4.74 Å². The zero-order valence-electron chi connectivity index (χ0n) is 10.4. The van der Waals surface area contributed by atoms with E-state index in [1.807, 2.05) is 0 Å². The third-order valence-electron chi connectivity index (χ3n) is 2.40. The van der Waals surface area contributed by atoms with Gasteiger partial charge in [-0.3, -0.25) is 0 Å². The summed E-state index contributed by atoms with van der Waals surface area (Å²) in [4.78, 5) is 15.2. The smallest absolute Gasteiger partial charge is 0.416 e. The molecule has 0 atom stereocenters. The lowest BCUT2D eigenvalue weighted by Crippen LogP contribution is -2.07. The highest BCUT2D eigenvalue weighted by molar-refractivity contribution is 5.88. The van der Waals surface area contributed by atoms with Crippen LogP contribution in [0.3, 0.4) is 0 Å². The quantitative estimate of drug-likeness (QED) is 0.813. The summed E-state index contributed by atoms with van der Waals surface area (Å²) in [6.45, 7) is 1.85. The van der Waals surface area contributed by atoms with Gasteiger partial charge in [-0.2, -0.15) is 18.3 Å². The lowest BCUT2D eigenvalue weighted by Gasteiger charge is -2.07. The van der Waals surface area contributed by atoms with E-state index in [0.717, 1.165) is 23.0 Å². The molecule has 2 heterocycles. The van der Waals surface area contributed by atoms with Gasteiger partial charge in [0.25, 0.3) is 0 Å². The minimum absolute atomic E-state index is 0.0321. The molecule has 0 aliphatic rings. The number of ether oxygens (including phenoxy) is 1. The number of nitrogens with zero attached hydrogens (tertiary/aromatic N) is 3. The second-order valence-corrected chi connectivity index (χ2v) is 3.79. The number of aromatic nitrogens is 3. The molecule has 0 N–H and O–H groups in total. The Morgan fingerprint density at radius 1 is 1.45 bits per heavy atom. The standard InChI is InChI=1S/C12H10F3N3O2/c1-2-20-11(19)8-6-17-18(7-8)10-5-9(3-4-16-10)12(13,14)15/h3-7H,2H2,1H3. The number of carbonyl (C=O) groups excluding carboxylic acids is 1. The summed E-state index contributed by atoms with van der Waals surface area (Å²) in [6, 6.07) is 1.71. The molecule has 0 saturated heterocycles. The number of hydrogen-bond acceptors (Lipinski definition) is 4. The average molecular weight is 285 g/mol. The summed E-state index contributed by atoms with van der Waals surface area (Å²) in [5, 5.41) is 3.80. The van der Waals surface area contributed by atoms with Gasteiger partial charge in [-0.15, -0.1) is 0 Å². The molecule has 20 heavy (non-hydrogen) atoms. The van der Waals surface area contributed by atoms with E-state index in [-0.39, 0.29) is 18.0 Å². The molecular weight excluding hydrogens is 275 g/mol. The van der Waals surface area contributed by atoms with Gasteiger partial charge >= 0.3 is 12.1 Å². The minimum atomic E-state index is -4.46. The van der Waals surface area contributed by atoms with Gasteiger partial charge in [-0.05, 0) is 19.1 Å². The Morgan fingerprint density at radius 3 is 2.85 bits per heavy atom. The largest absolute Gasteiger partial charge is 0.462 e. The van der Waals surface area contributed by atoms with Crippen molar-refractivity contribution in [1.82, 2.24) is 14.8 Å². The molecule has 0 aromatic carbocycles. The molecule has 0 saturated carbocycles. The van der Waals surface area contributed by atoms with Crippen LogP contribution in [0.15, 0.2) is 30.7 Å². The fourth-order valence-corrected chi connectivity index (χ4v) is 1.49. The molecule has 0 radical (unpaired) electrons. The first-order valence-electron chi connectivity index (χ1n) is 5.67. The van der Waals surface area contributed by atoms with Crippen LogP contribution in [0.2, 0.25) is 0 Å². The number of hydrogen-bond donors (Lipinski definition) is 0. The second-order valence-electron chi connectivity index (χ2n) is 3.79. The minimum Gasteiger partial charge on any atom is -0.462 e. The van der Waals surface area contributed by atoms with Crippen molar-refractivity contribution < 1.29 is 22.7 Å². The number of esters is 1. The number of carbonyl (C=O) groups is 1. The van der Waals surface area contributed by atoms with E-state index in [9.17, 15) is 18.0 Å². The van der Waals surface area contributed by atoms with E-state index in [1.54, 1.807) is 6.92 Å². The van der Waals surface area contributed by atoms with Crippen molar-refractivity contribution in [2.75, 3.05) is 6.61 Å². The first-order valence-corrected chi connectivity index (χ1v) is 5.67. The van der Waals surface area contributed by atoms with E-state index in [1.165, 1.54) is 12.4 Å². The van der Waals surface area contributed by atoms with E-state index in [4.69, 9.17) is 4.74 Å². The fraction of sp³-hybridized carbons (Fsp3) is 0.250. The molecule has 0 aliphatic carbocycles. The Bertz CT molecular complexity index is 622. The van der Waals surface area contributed by atoms with Crippen molar-refractivity contribution in [3.63, 3.8) is 0 Å². The van der Waals surface area contributed by atoms with Crippen molar-refractivity contribution in [2.24, 2.45) is 0 Å². The van der Waals surface area contributed by atoms with Crippen LogP contribution in [0.4, 0.5) is 13.2 Å². The van der Waals surface area contributed by atoms with Gasteiger partial charge in [0.15, 0.2) is 5.82 Å². The summed E-state index contributed by atoms with van der Waals surface area (Å²) >= 11 is 0. The van der Waals surface area contributed by atoms with Crippen molar-refractivity contribution in [2.45, 2.75) is 13.1 Å². The molecule has 0 spiro atoms. The van der Waals surface area contributed by atoms with Crippen LogP contribution in [-0.2, 0) is 10.9 Å². The van der Waals surface area contributed by atoms with Gasteiger partial charge in [0.1, 0.15) is 0 Å². The predicted octanol–water partition coefficient (Wildman–Crippen LogP) is 2.46. The molecular formula is C12H10F3N3O2. The third kappa shape index (κ3) is 2.95. The SMILES string of the molecule is CCOC(=O)c1cnn(-c2cc(C(F)(F)F)ccn2)c1. The van der Waals surface area contributed by atoms with Crippen LogP contribution < -0.4 is 0 Å². The summed E-state index contributed by atoms with van der Waals surface area (Å²) in [5.74, 6) is -0.624. The molecule has 2 rings (SSSR count). The highest BCUT2D eigenvalue weighted by Crippen LogP contribution is 2.29. The van der Waals surface area contributed by atoms with Crippen LogP contribution in [0.25, 0.3) is 5.82 Å². The monoisotopic (exact) mass is 285 g/mol. The first-order chi connectivity index (χ1) is 9.41. The van der Waals surface area contributed by atoms with E-state index >= 15 is 0 Å². The Balaban J connectivity index is 2.31. The van der Waals surface area contributed by atoms with Gasteiger partial charge in [0.2, 0.25) is 0 Å². The highest BCUT2D eigenvalue weighted by atomic mass is 19.4. The number of pyridine rings is 1. The molecule has 5 nitrogen and oxygen atoms in total. The average Bonchev–Trinajstić information content (AvgIpc) is 2.88. The fourth-order valence-electron chi connectivity index (χ4n) is 1.49. The molecule has 0 bridgehead atoms. The lowest BCUT2D eigenvalue weighted by atomic mass is 10.2. The second kappa shape index (κ2) is 5.32. The maximum absolute atomic E-state index is 12.6. The van der Waals surface area contributed by atoms with Gasteiger partial charge in [0.05, 0.1) is 23.9 Å². The summed E-state index contributed by atoms with van der Waals surface area (Å²) in [5.41, 5.74) is -0.693. The molecule has 0 aliphatic heterocycles. The topological polar surface area (TPSA) is 57.0 Å². The van der Waals surface area contributed by atoms with Crippen LogP contribution in [-0.4, -0.2) is 27.3 Å². The first kappa shape index (κ1) is 14.0. The van der Waals surface area contributed by atoms with E-state index < -0.39 is 17.7 Å². The maximum atomic E-state index is 12.6. The number of alkyl halides is 3. The van der Waals surface area contributed by atoms with Crippen LogP contribution in [0.1, 0.15) is 22.8 Å². The molecule has 0 fully saturated rings. The van der Waals surface area contributed by atoms with Crippen molar-refractivity contribution >= 4 is 5.97 Å². The maximum Gasteiger partial charge on any atom is 0.416 e. The molecule has 0 amide bonds. The molecule has 2 aromatic rings. The van der Waals surface area contributed by atoms with Crippen molar-refractivity contribution in [3.05, 3.63) is 41.9 Å². The number of rotatable bonds is 3. The third-order valence-corrected chi connectivity index (χ3v) is 2.40. The van der Waals surface area contributed by atoms with E-state index in [2.05, 4.69) is 10.1 Å². The lowest BCUT2D eigenvalue weighted by molar-refractivity contribution is -0.137. The molecule has 106 valence electrons.